The molecule has 0 spiro atoms. The molecule has 0 radical (unpaired) electrons. The fourth-order valence-corrected chi connectivity index (χ4v) is 5.02. The first-order valence-electron chi connectivity index (χ1n) is 13.8. The number of thiophene rings is 1. The minimum atomic E-state index is -0.295. The molecule has 0 bridgehead atoms. The van der Waals surface area contributed by atoms with Crippen molar-refractivity contribution in [1.29, 1.82) is 0 Å². The number of fused-ring (bicyclic) bond motifs is 1. The average Bonchev–Trinajstić information content (AvgIpc) is 3.59. The zero-order valence-electron chi connectivity index (χ0n) is 24.5. The second-order valence-corrected chi connectivity index (χ2v) is 10.9. The third kappa shape index (κ3) is 9.68. The Labute approximate surface area is 251 Å². The summed E-state index contributed by atoms with van der Waals surface area (Å²) in [5.74, 6) is 7.63. The summed E-state index contributed by atoms with van der Waals surface area (Å²) in [5, 5.41) is 3.78. The third-order valence-electron chi connectivity index (χ3n) is 6.14. The normalized spacial score (nSPS) is 14.4. The Morgan fingerprint density at radius 3 is 2.61 bits per heavy atom. The van der Waals surface area contributed by atoms with Crippen LogP contribution in [0.2, 0.25) is 5.02 Å². The molecule has 6 nitrogen and oxygen atoms in total. The minimum absolute atomic E-state index is 0.229. The number of nitrogens with zero attached hydrogens (tertiary/aromatic N) is 3. The maximum absolute atomic E-state index is 13.4. The highest BCUT2D eigenvalue weighted by Crippen LogP contribution is 2.33. The maximum atomic E-state index is 13.4. The van der Waals surface area contributed by atoms with E-state index in [0.29, 0.717) is 28.7 Å². The highest BCUT2D eigenvalue weighted by atomic mass is 35.5. The number of benzene rings is 2. The number of likely N-dealkylation sites (tertiary alicyclic amines) is 1. The van der Waals surface area contributed by atoms with Crippen LogP contribution in [0.3, 0.4) is 0 Å². The zero-order valence-corrected chi connectivity index (χ0v) is 26.1. The van der Waals surface area contributed by atoms with E-state index in [1.165, 1.54) is 24.9 Å². The molecule has 1 saturated heterocycles. The van der Waals surface area contributed by atoms with E-state index in [1.807, 2.05) is 39.8 Å². The Kier molecular flexibility index (Phi) is 12.8. The predicted octanol–water partition coefficient (Wildman–Crippen LogP) is 8.32. The molecule has 41 heavy (non-hydrogen) atoms. The molecule has 218 valence electrons. The summed E-state index contributed by atoms with van der Waals surface area (Å²) in [4.78, 5) is 12.1. The molecular weight excluding hydrogens is 559 g/mol. The molecule has 1 aliphatic heterocycles. The Morgan fingerprint density at radius 1 is 1.17 bits per heavy atom. The van der Waals surface area contributed by atoms with Crippen molar-refractivity contribution in [3.8, 4) is 17.6 Å². The number of rotatable bonds is 6. The monoisotopic (exact) mass is 596 g/mol. The van der Waals surface area contributed by atoms with Crippen LogP contribution in [0.5, 0.6) is 5.75 Å². The van der Waals surface area contributed by atoms with Crippen molar-refractivity contribution < 1.29 is 13.9 Å². The second kappa shape index (κ2) is 16.3. The van der Waals surface area contributed by atoms with Crippen molar-refractivity contribution >= 4 is 44.7 Å². The number of hydrogen-bond donors (Lipinski definition) is 1. The minimum Gasteiger partial charge on any atom is -0.487 e. The van der Waals surface area contributed by atoms with Crippen LogP contribution < -0.4 is 10.1 Å². The van der Waals surface area contributed by atoms with Gasteiger partial charge in [-0.2, -0.15) is 0 Å². The summed E-state index contributed by atoms with van der Waals surface area (Å²) in [6.07, 6.45) is 4.23. The van der Waals surface area contributed by atoms with Gasteiger partial charge in [0.1, 0.15) is 24.5 Å². The molecule has 0 aliphatic carbocycles. The van der Waals surface area contributed by atoms with Crippen molar-refractivity contribution in [3.63, 3.8) is 0 Å². The van der Waals surface area contributed by atoms with Gasteiger partial charge in [0, 0.05) is 12.8 Å². The van der Waals surface area contributed by atoms with Crippen LogP contribution in [0.4, 0.5) is 15.9 Å². The van der Waals surface area contributed by atoms with E-state index in [2.05, 4.69) is 39.1 Å². The lowest BCUT2D eigenvalue weighted by Gasteiger charge is -2.11. The third-order valence-corrected chi connectivity index (χ3v) is 7.48. The van der Waals surface area contributed by atoms with Crippen LogP contribution in [-0.4, -0.2) is 47.7 Å². The average molecular weight is 597 g/mol. The molecule has 1 N–H and O–H groups in total. The standard InChI is InChI=1S/C26H22ClFN4OS.C4H10O.C2H6/c1-32-11-3-6-20(32)8-9-21-14-23-25(34-21)26(30-16-29-23)31-19-7-10-24(22(27)13-19)33-15-17-4-2-5-18(28)12-17;1-4(2)5-3;1-2/h2,4-5,7,10,12-14,16,20H,3,6,11,15H2,1H3,(H,29,30,31);4H,1-3H3;1-2H3. The Bertz CT molecular complexity index is 1470. The molecule has 1 aliphatic rings. The smallest absolute Gasteiger partial charge is 0.151 e. The highest BCUT2D eigenvalue weighted by Gasteiger charge is 2.18. The zero-order chi connectivity index (χ0) is 29.8. The Morgan fingerprint density at radius 2 is 1.95 bits per heavy atom. The van der Waals surface area contributed by atoms with Crippen LogP contribution in [0.15, 0.2) is 54.9 Å². The first-order valence-corrected chi connectivity index (χ1v) is 14.9. The van der Waals surface area contributed by atoms with E-state index in [9.17, 15) is 4.39 Å². The second-order valence-electron chi connectivity index (χ2n) is 9.43. The van der Waals surface area contributed by atoms with Crippen molar-refractivity contribution in [3.05, 3.63) is 76.1 Å². The van der Waals surface area contributed by atoms with E-state index < -0.39 is 0 Å². The number of nitrogens with one attached hydrogen (secondary N) is 1. The molecular formula is C32H38ClFN4O2S. The molecule has 4 aromatic rings. The van der Waals surface area contributed by atoms with Crippen molar-refractivity contribution in [2.45, 2.75) is 59.3 Å². The molecule has 2 aromatic heterocycles. The number of ether oxygens (including phenoxy) is 2. The topological polar surface area (TPSA) is 59.5 Å². The number of methoxy groups -OCH3 is 1. The van der Waals surface area contributed by atoms with Crippen LogP contribution in [0, 0.1) is 17.7 Å². The van der Waals surface area contributed by atoms with Gasteiger partial charge in [-0.05, 0) is 82.2 Å². The van der Waals surface area contributed by atoms with E-state index in [4.69, 9.17) is 21.1 Å². The quantitative estimate of drug-likeness (QED) is 0.226. The molecule has 9 heteroatoms. The summed E-state index contributed by atoms with van der Waals surface area (Å²) in [6.45, 7) is 9.33. The van der Waals surface area contributed by atoms with Crippen LogP contribution in [0.1, 0.15) is 51.0 Å². The highest BCUT2D eigenvalue weighted by molar-refractivity contribution is 7.20. The van der Waals surface area contributed by atoms with Gasteiger partial charge >= 0.3 is 0 Å². The first kappa shape index (κ1) is 32.3. The number of aromatic nitrogens is 2. The fraction of sp³-hybridized carbons (Fsp3) is 0.375. The summed E-state index contributed by atoms with van der Waals surface area (Å²) in [6, 6.07) is 14.0. The number of halogens is 2. The summed E-state index contributed by atoms with van der Waals surface area (Å²) >= 11 is 8.01. The van der Waals surface area contributed by atoms with Crippen molar-refractivity contribution in [2.75, 3.05) is 26.0 Å². The van der Waals surface area contributed by atoms with Gasteiger partial charge in [0.25, 0.3) is 0 Å². The molecule has 1 fully saturated rings. The summed E-state index contributed by atoms with van der Waals surface area (Å²) < 4.78 is 24.8. The molecule has 5 rings (SSSR count). The lowest BCUT2D eigenvalue weighted by Crippen LogP contribution is -2.22. The first-order chi connectivity index (χ1) is 19.8. The van der Waals surface area contributed by atoms with Crippen LogP contribution >= 0.6 is 22.9 Å². The molecule has 3 heterocycles. The lowest BCUT2D eigenvalue weighted by molar-refractivity contribution is 0.134. The van der Waals surface area contributed by atoms with Gasteiger partial charge in [-0.25, -0.2) is 14.4 Å². The van der Waals surface area contributed by atoms with Gasteiger partial charge in [0.2, 0.25) is 0 Å². The van der Waals surface area contributed by atoms with Gasteiger partial charge in [-0.15, -0.1) is 11.3 Å². The molecule has 0 amide bonds. The largest absolute Gasteiger partial charge is 0.487 e. The molecule has 2 aromatic carbocycles. The van der Waals surface area contributed by atoms with E-state index in [0.717, 1.165) is 39.3 Å². The lowest BCUT2D eigenvalue weighted by atomic mass is 10.2. The Hall–Kier alpha value is -3.22. The molecule has 0 saturated carbocycles. The predicted molar refractivity (Wildman–Crippen MR) is 169 cm³/mol. The number of anilines is 2. The van der Waals surface area contributed by atoms with Gasteiger partial charge in [0.15, 0.2) is 5.82 Å². The van der Waals surface area contributed by atoms with E-state index >= 15 is 0 Å². The van der Waals surface area contributed by atoms with Crippen molar-refractivity contribution in [2.24, 2.45) is 0 Å². The van der Waals surface area contributed by atoms with Crippen LogP contribution in [0.25, 0.3) is 10.2 Å². The van der Waals surface area contributed by atoms with Crippen molar-refractivity contribution in [1.82, 2.24) is 14.9 Å². The molecule has 1 atom stereocenters. The number of hydrogen-bond acceptors (Lipinski definition) is 7. The fourth-order valence-electron chi connectivity index (χ4n) is 3.87. The SMILES string of the molecule is CC.CN1CCCC1C#Cc1cc2ncnc(Nc3ccc(OCc4cccc(F)c4)c(Cl)c3)c2s1.COC(C)C. The maximum Gasteiger partial charge on any atom is 0.151 e. The summed E-state index contributed by atoms with van der Waals surface area (Å²) in [7, 11) is 3.82. The molecule has 1 unspecified atom stereocenters. The van der Waals surface area contributed by atoms with E-state index in [-0.39, 0.29) is 12.4 Å². The van der Waals surface area contributed by atoms with Gasteiger partial charge in [-0.1, -0.05) is 49.4 Å². The van der Waals surface area contributed by atoms with Gasteiger partial charge in [0.05, 0.1) is 32.3 Å². The summed E-state index contributed by atoms with van der Waals surface area (Å²) in [5.41, 5.74) is 2.36. The van der Waals surface area contributed by atoms with Gasteiger partial charge < -0.3 is 14.8 Å². The van der Waals surface area contributed by atoms with E-state index in [1.54, 1.807) is 42.7 Å². The van der Waals surface area contributed by atoms with Crippen LogP contribution in [-0.2, 0) is 11.3 Å². The van der Waals surface area contributed by atoms with Gasteiger partial charge in [-0.3, -0.25) is 4.90 Å². The Balaban J connectivity index is 0.000000598.